The van der Waals surface area contributed by atoms with Gasteiger partial charge in [-0.1, -0.05) is 54.7 Å². The summed E-state index contributed by atoms with van der Waals surface area (Å²) >= 11 is 1.54. The quantitative estimate of drug-likeness (QED) is 0.352. The van der Waals surface area contributed by atoms with Crippen molar-refractivity contribution in [3.05, 3.63) is 83.6 Å². The van der Waals surface area contributed by atoms with Gasteiger partial charge in [-0.25, -0.2) is 4.98 Å². The molecule has 1 aliphatic heterocycles. The molecule has 1 aliphatic rings. The second-order valence-corrected chi connectivity index (χ2v) is 9.26. The number of benzene rings is 3. The van der Waals surface area contributed by atoms with Crippen LogP contribution in [0.5, 0.6) is 0 Å². The summed E-state index contributed by atoms with van der Waals surface area (Å²) in [6.45, 7) is 2.35. The molecule has 1 unspecified atom stereocenters. The Bertz CT molecular complexity index is 1390. The molecule has 6 heteroatoms. The third-order valence-electron chi connectivity index (χ3n) is 6.36. The van der Waals surface area contributed by atoms with Crippen LogP contribution in [0.2, 0.25) is 0 Å². The van der Waals surface area contributed by atoms with Crippen LogP contribution in [0.1, 0.15) is 36.1 Å². The van der Waals surface area contributed by atoms with E-state index in [1.54, 1.807) is 11.3 Å². The van der Waals surface area contributed by atoms with Crippen molar-refractivity contribution < 1.29 is 0 Å². The topological polar surface area (TPSA) is 79.6 Å². The van der Waals surface area contributed by atoms with Crippen molar-refractivity contribution in [1.82, 2.24) is 15.2 Å². The van der Waals surface area contributed by atoms with Gasteiger partial charge >= 0.3 is 0 Å². The van der Waals surface area contributed by atoms with Gasteiger partial charge in [0.15, 0.2) is 5.13 Å². The molecule has 0 spiro atoms. The molecule has 4 N–H and O–H groups in total. The Morgan fingerprint density at radius 1 is 1.10 bits per heavy atom. The zero-order chi connectivity index (χ0) is 20.3. The second-order valence-electron chi connectivity index (χ2n) is 8.20. The summed E-state index contributed by atoms with van der Waals surface area (Å²) < 4.78 is 1.13. The Morgan fingerprint density at radius 3 is 2.83 bits per heavy atom. The van der Waals surface area contributed by atoms with Gasteiger partial charge in [0.2, 0.25) is 0 Å². The van der Waals surface area contributed by atoms with Crippen molar-refractivity contribution in [3.63, 3.8) is 0 Å². The lowest BCUT2D eigenvalue weighted by Gasteiger charge is -2.42. The smallest absolute Gasteiger partial charge is 0.181 e. The van der Waals surface area contributed by atoms with Gasteiger partial charge in [0, 0.05) is 16.5 Å². The highest BCUT2D eigenvalue weighted by Gasteiger charge is 2.40. The summed E-state index contributed by atoms with van der Waals surface area (Å²) in [5.74, 6) is 0. The molecule has 2 aromatic heterocycles. The molecule has 0 fully saturated rings. The molecule has 6 rings (SSSR count). The SMILES string of the molecule is C[C@]1(c2ccccc2)CC(c2ccc3nc(N)sc3c2)Nc2ccc3[nH]ncc3c21. The molecule has 2 atom stereocenters. The van der Waals surface area contributed by atoms with E-state index in [-0.39, 0.29) is 11.5 Å². The van der Waals surface area contributed by atoms with Crippen molar-refractivity contribution in [2.75, 3.05) is 11.1 Å². The van der Waals surface area contributed by atoms with Gasteiger partial charge in [-0.05, 0) is 47.4 Å². The Balaban J connectivity index is 1.55. The first kappa shape index (κ1) is 17.5. The predicted molar refractivity (Wildman–Crippen MR) is 124 cm³/mol. The Labute approximate surface area is 178 Å². The molecule has 0 aliphatic carbocycles. The number of anilines is 2. The number of thiazole rings is 1. The van der Waals surface area contributed by atoms with E-state index >= 15 is 0 Å². The van der Waals surface area contributed by atoms with Gasteiger partial charge in [0.05, 0.1) is 28.0 Å². The standard InChI is InChI=1S/C24H21N5S/c1-24(15-5-3-2-4-6-15)12-20(14-7-8-18-21(11-14)30-23(25)28-18)27-19-10-9-17-16(22(19)24)13-26-29-17/h2-11,13,20,27H,12H2,1H3,(H2,25,28)(H,26,29)/t20?,24-/m1/s1. The summed E-state index contributed by atoms with van der Waals surface area (Å²) in [6.07, 6.45) is 2.89. The Morgan fingerprint density at radius 2 is 1.97 bits per heavy atom. The van der Waals surface area contributed by atoms with Crippen LogP contribution in [0.15, 0.2) is 66.9 Å². The largest absolute Gasteiger partial charge is 0.378 e. The number of nitrogens with zero attached hydrogens (tertiary/aromatic N) is 2. The number of H-pyrrole nitrogens is 1. The van der Waals surface area contributed by atoms with Gasteiger partial charge in [0.25, 0.3) is 0 Å². The molecule has 0 saturated carbocycles. The average molecular weight is 412 g/mol. The number of nitrogen functional groups attached to an aromatic ring is 1. The fourth-order valence-electron chi connectivity index (χ4n) is 4.93. The Kier molecular flexibility index (Phi) is 3.67. The van der Waals surface area contributed by atoms with Crippen LogP contribution >= 0.6 is 11.3 Å². The molecule has 3 heterocycles. The zero-order valence-corrected chi connectivity index (χ0v) is 17.3. The lowest BCUT2D eigenvalue weighted by atomic mass is 9.67. The van der Waals surface area contributed by atoms with E-state index in [9.17, 15) is 0 Å². The third-order valence-corrected chi connectivity index (χ3v) is 7.21. The van der Waals surface area contributed by atoms with Gasteiger partial charge in [-0.15, -0.1) is 0 Å². The van der Waals surface area contributed by atoms with E-state index < -0.39 is 0 Å². The minimum atomic E-state index is -0.155. The summed E-state index contributed by atoms with van der Waals surface area (Å²) in [7, 11) is 0. The van der Waals surface area contributed by atoms with Gasteiger partial charge in [0.1, 0.15) is 0 Å². The van der Waals surface area contributed by atoms with E-state index in [2.05, 4.69) is 88.1 Å². The molecule has 0 bridgehead atoms. The van der Waals surface area contributed by atoms with Crippen LogP contribution in [0, 0.1) is 0 Å². The number of hydrogen-bond acceptors (Lipinski definition) is 5. The monoisotopic (exact) mass is 411 g/mol. The third kappa shape index (κ3) is 2.53. The first-order chi connectivity index (χ1) is 14.6. The van der Waals surface area contributed by atoms with Crippen LogP contribution in [0.25, 0.3) is 21.1 Å². The molecule has 0 saturated heterocycles. The van der Waals surface area contributed by atoms with Crippen molar-refractivity contribution >= 4 is 43.3 Å². The van der Waals surface area contributed by atoms with Crippen molar-refractivity contribution in [1.29, 1.82) is 0 Å². The average Bonchev–Trinajstić information content (AvgIpc) is 3.38. The fourth-order valence-corrected chi connectivity index (χ4v) is 5.71. The Hall–Kier alpha value is -3.38. The molecule has 5 aromatic rings. The van der Waals surface area contributed by atoms with E-state index in [0.717, 1.165) is 27.8 Å². The molecule has 0 radical (unpaired) electrons. The number of hydrogen-bond donors (Lipinski definition) is 3. The van der Waals surface area contributed by atoms with Crippen LogP contribution in [-0.4, -0.2) is 15.2 Å². The molecule has 5 nitrogen and oxygen atoms in total. The first-order valence-corrected chi connectivity index (χ1v) is 10.9. The van der Waals surface area contributed by atoms with Crippen LogP contribution < -0.4 is 11.1 Å². The zero-order valence-electron chi connectivity index (χ0n) is 16.5. The number of aromatic amines is 1. The van der Waals surface area contributed by atoms with Crippen molar-refractivity contribution in [2.24, 2.45) is 0 Å². The van der Waals surface area contributed by atoms with E-state index in [1.165, 1.54) is 22.1 Å². The lowest BCUT2D eigenvalue weighted by Crippen LogP contribution is -2.34. The predicted octanol–water partition coefficient (Wildman–Crippen LogP) is 5.62. The highest BCUT2D eigenvalue weighted by molar-refractivity contribution is 7.22. The summed E-state index contributed by atoms with van der Waals surface area (Å²) in [5.41, 5.74) is 12.8. The number of rotatable bonds is 2. The van der Waals surface area contributed by atoms with Crippen LogP contribution in [0.4, 0.5) is 10.8 Å². The highest BCUT2D eigenvalue weighted by Crippen LogP contribution is 2.50. The summed E-state index contributed by atoms with van der Waals surface area (Å²) in [4.78, 5) is 4.41. The first-order valence-electron chi connectivity index (χ1n) is 10.1. The van der Waals surface area contributed by atoms with Crippen LogP contribution in [-0.2, 0) is 5.41 Å². The summed E-state index contributed by atoms with van der Waals surface area (Å²) in [5, 5.41) is 13.0. The van der Waals surface area contributed by atoms with E-state index in [0.29, 0.717) is 5.13 Å². The lowest BCUT2D eigenvalue weighted by molar-refractivity contribution is 0.463. The number of nitrogens with one attached hydrogen (secondary N) is 2. The van der Waals surface area contributed by atoms with Crippen LogP contribution in [0.3, 0.4) is 0 Å². The number of aromatic nitrogens is 3. The highest BCUT2D eigenvalue weighted by atomic mass is 32.1. The second kappa shape index (κ2) is 6.31. The molecular formula is C24H21N5S. The maximum absolute atomic E-state index is 5.93. The molecule has 148 valence electrons. The number of fused-ring (bicyclic) bond motifs is 4. The van der Waals surface area contributed by atoms with Gasteiger partial charge in [-0.3, -0.25) is 5.10 Å². The molecule has 30 heavy (non-hydrogen) atoms. The van der Waals surface area contributed by atoms with Gasteiger partial charge in [-0.2, -0.15) is 5.10 Å². The number of nitrogens with two attached hydrogens (primary N) is 1. The molecular weight excluding hydrogens is 390 g/mol. The minimum Gasteiger partial charge on any atom is -0.378 e. The van der Waals surface area contributed by atoms with E-state index in [4.69, 9.17) is 5.73 Å². The van der Waals surface area contributed by atoms with Crippen molar-refractivity contribution in [3.8, 4) is 0 Å². The maximum atomic E-state index is 5.93. The minimum absolute atomic E-state index is 0.155. The summed E-state index contributed by atoms with van der Waals surface area (Å²) in [6, 6.07) is 21.7. The fraction of sp³-hybridized carbons (Fsp3) is 0.167. The van der Waals surface area contributed by atoms with E-state index in [1.807, 2.05) is 6.20 Å². The maximum Gasteiger partial charge on any atom is 0.181 e. The van der Waals surface area contributed by atoms with Gasteiger partial charge < -0.3 is 11.1 Å². The molecule has 3 aromatic carbocycles. The normalized spacial score (nSPS) is 20.9. The molecule has 0 amide bonds. The van der Waals surface area contributed by atoms with Crippen molar-refractivity contribution in [2.45, 2.75) is 24.8 Å².